The van der Waals surface area contributed by atoms with Crippen molar-refractivity contribution in [3.63, 3.8) is 0 Å². The van der Waals surface area contributed by atoms with Crippen LogP contribution in [0.5, 0.6) is 11.5 Å². The molecule has 4 aromatic rings. The predicted octanol–water partition coefficient (Wildman–Crippen LogP) is 5.27. The number of hydrogen-bond donors (Lipinski definition) is 1. The summed E-state index contributed by atoms with van der Waals surface area (Å²) in [4.78, 5) is 17.6. The highest BCUT2D eigenvalue weighted by Crippen LogP contribution is 2.29. The van der Waals surface area contributed by atoms with E-state index in [4.69, 9.17) is 9.47 Å². The number of aryl methyl sites for hydroxylation is 1. The number of hydrogen-bond acceptors (Lipinski definition) is 5. The fraction of sp³-hybridized carbons (Fsp3) is 0.125. The third-order valence-corrected chi connectivity index (χ3v) is 5.37. The molecule has 0 saturated heterocycles. The zero-order valence-corrected chi connectivity index (χ0v) is 19.4. The van der Waals surface area contributed by atoms with Crippen molar-refractivity contribution in [3.05, 3.63) is 82.6 Å². The second kappa shape index (κ2) is 9.23. The highest BCUT2D eigenvalue weighted by Gasteiger charge is 2.20. The van der Waals surface area contributed by atoms with E-state index in [-0.39, 0.29) is 5.82 Å². The molecule has 0 radical (unpaired) electrons. The second-order valence-electron chi connectivity index (χ2n) is 7.03. The van der Waals surface area contributed by atoms with Gasteiger partial charge in [0, 0.05) is 16.1 Å². The van der Waals surface area contributed by atoms with Crippen LogP contribution in [0.1, 0.15) is 16.2 Å². The Bertz CT molecular complexity index is 1190. The molecule has 4 rings (SSSR count). The molecule has 32 heavy (non-hydrogen) atoms. The molecule has 0 bridgehead atoms. The minimum Gasteiger partial charge on any atom is -0.497 e. The molecule has 8 heteroatoms. The van der Waals surface area contributed by atoms with Gasteiger partial charge < -0.3 is 14.8 Å². The summed E-state index contributed by atoms with van der Waals surface area (Å²) >= 11 is 3.45. The predicted molar refractivity (Wildman–Crippen MR) is 127 cm³/mol. The average molecular weight is 493 g/mol. The van der Waals surface area contributed by atoms with Gasteiger partial charge in [-0.3, -0.25) is 4.79 Å². The van der Waals surface area contributed by atoms with Crippen LogP contribution in [0.2, 0.25) is 0 Å². The third kappa shape index (κ3) is 4.50. The van der Waals surface area contributed by atoms with Gasteiger partial charge in [0.05, 0.1) is 25.6 Å². The van der Waals surface area contributed by atoms with E-state index in [0.717, 1.165) is 21.3 Å². The van der Waals surface area contributed by atoms with Crippen molar-refractivity contribution in [1.82, 2.24) is 14.8 Å². The molecule has 1 amide bonds. The van der Waals surface area contributed by atoms with E-state index in [1.54, 1.807) is 30.0 Å². The fourth-order valence-electron chi connectivity index (χ4n) is 3.15. The van der Waals surface area contributed by atoms with E-state index in [1.807, 2.05) is 55.5 Å². The lowest BCUT2D eigenvalue weighted by Gasteiger charge is -2.10. The molecule has 3 aromatic carbocycles. The molecule has 162 valence electrons. The van der Waals surface area contributed by atoms with E-state index in [1.165, 1.54) is 7.11 Å². The molecule has 0 aliphatic heterocycles. The van der Waals surface area contributed by atoms with Crippen LogP contribution in [0.4, 0.5) is 5.69 Å². The standard InChI is InChI=1S/C24H21BrN4O3/c1-15-4-6-16(7-5-15)23-27-22(28-29(23)18-10-8-17(25)9-11-18)24(30)26-20-14-19(31-2)12-13-21(20)32-3/h4-14H,1-3H3,(H,26,30). The number of amides is 1. The molecule has 0 fully saturated rings. The summed E-state index contributed by atoms with van der Waals surface area (Å²) in [6, 6.07) is 20.7. The Hall–Kier alpha value is -3.65. The number of carbonyl (C=O) groups excluding carboxylic acids is 1. The number of halogens is 1. The Morgan fingerprint density at radius 1 is 0.969 bits per heavy atom. The summed E-state index contributed by atoms with van der Waals surface area (Å²) in [6.07, 6.45) is 0. The molecule has 1 heterocycles. The maximum atomic E-state index is 13.1. The van der Waals surface area contributed by atoms with Crippen LogP contribution in [0.15, 0.2) is 71.2 Å². The Labute approximate surface area is 194 Å². The van der Waals surface area contributed by atoms with E-state index >= 15 is 0 Å². The summed E-state index contributed by atoms with van der Waals surface area (Å²) in [5, 5.41) is 7.33. The fourth-order valence-corrected chi connectivity index (χ4v) is 3.41. The Balaban J connectivity index is 1.75. The topological polar surface area (TPSA) is 78.3 Å². The maximum Gasteiger partial charge on any atom is 0.295 e. The average Bonchev–Trinajstić information content (AvgIpc) is 3.25. The molecule has 0 spiro atoms. The summed E-state index contributed by atoms with van der Waals surface area (Å²) in [7, 11) is 3.09. The van der Waals surface area contributed by atoms with Crippen LogP contribution in [0, 0.1) is 6.92 Å². The number of nitrogens with one attached hydrogen (secondary N) is 1. The van der Waals surface area contributed by atoms with Crippen LogP contribution in [-0.2, 0) is 0 Å². The molecule has 0 aliphatic rings. The summed E-state index contributed by atoms with van der Waals surface area (Å²) in [6.45, 7) is 2.02. The van der Waals surface area contributed by atoms with Crippen molar-refractivity contribution in [3.8, 4) is 28.6 Å². The number of carbonyl (C=O) groups is 1. The van der Waals surface area contributed by atoms with Crippen molar-refractivity contribution in [2.75, 3.05) is 19.5 Å². The van der Waals surface area contributed by atoms with Crippen LogP contribution < -0.4 is 14.8 Å². The molecule has 0 aliphatic carbocycles. The zero-order valence-electron chi connectivity index (χ0n) is 17.8. The lowest BCUT2D eigenvalue weighted by atomic mass is 10.1. The summed E-state index contributed by atoms with van der Waals surface area (Å²) < 4.78 is 13.2. The number of aromatic nitrogens is 3. The molecule has 7 nitrogen and oxygen atoms in total. The molecular formula is C24H21BrN4O3. The highest BCUT2D eigenvalue weighted by atomic mass is 79.9. The third-order valence-electron chi connectivity index (χ3n) is 4.85. The zero-order chi connectivity index (χ0) is 22.7. The monoisotopic (exact) mass is 492 g/mol. The van der Waals surface area contributed by atoms with E-state index < -0.39 is 5.91 Å². The SMILES string of the molecule is COc1ccc(OC)c(NC(=O)c2nc(-c3ccc(C)cc3)n(-c3ccc(Br)cc3)n2)c1. The van der Waals surface area contributed by atoms with Crippen molar-refractivity contribution in [1.29, 1.82) is 0 Å². The molecule has 0 atom stereocenters. The molecular weight excluding hydrogens is 472 g/mol. The van der Waals surface area contributed by atoms with E-state index in [9.17, 15) is 4.79 Å². The van der Waals surface area contributed by atoms with E-state index in [0.29, 0.717) is 23.0 Å². The summed E-state index contributed by atoms with van der Waals surface area (Å²) in [5.74, 6) is 1.24. The Morgan fingerprint density at radius 2 is 1.69 bits per heavy atom. The van der Waals surface area contributed by atoms with E-state index in [2.05, 4.69) is 31.3 Å². The number of methoxy groups -OCH3 is 2. The number of benzene rings is 3. The highest BCUT2D eigenvalue weighted by molar-refractivity contribution is 9.10. The molecule has 0 unspecified atom stereocenters. The van der Waals surface area contributed by atoms with Crippen molar-refractivity contribution >= 4 is 27.5 Å². The Kier molecular flexibility index (Phi) is 6.23. The van der Waals surface area contributed by atoms with Crippen LogP contribution in [-0.4, -0.2) is 34.9 Å². The Morgan fingerprint density at radius 3 is 2.34 bits per heavy atom. The molecule has 1 aromatic heterocycles. The van der Waals surface area contributed by atoms with Gasteiger partial charge in [-0.1, -0.05) is 45.8 Å². The minimum absolute atomic E-state index is 0.0355. The first-order valence-electron chi connectivity index (χ1n) is 9.82. The van der Waals surface area contributed by atoms with Crippen molar-refractivity contribution in [2.45, 2.75) is 6.92 Å². The summed E-state index contributed by atoms with van der Waals surface area (Å²) in [5.41, 5.74) is 3.23. The van der Waals surface area contributed by atoms with Crippen LogP contribution in [0.25, 0.3) is 17.1 Å². The molecule has 1 N–H and O–H groups in total. The van der Waals surface area contributed by atoms with Gasteiger partial charge in [0.2, 0.25) is 5.82 Å². The maximum absolute atomic E-state index is 13.1. The smallest absolute Gasteiger partial charge is 0.295 e. The van der Waals surface area contributed by atoms with Gasteiger partial charge in [0.25, 0.3) is 5.91 Å². The van der Waals surface area contributed by atoms with Gasteiger partial charge in [-0.05, 0) is 43.3 Å². The first kappa shape index (κ1) is 21.6. The van der Waals surface area contributed by atoms with Gasteiger partial charge in [-0.25, -0.2) is 9.67 Å². The minimum atomic E-state index is -0.458. The second-order valence-corrected chi connectivity index (χ2v) is 7.95. The number of anilines is 1. The number of ether oxygens (including phenoxy) is 2. The lowest BCUT2D eigenvalue weighted by Crippen LogP contribution is -2.15. The van der Waals surface area contributed by atoms with Crippen molar-refractivity contribution in [2.24, 2.45) is 0 Å². The van der Waals surface area contributed by atoms with Gasteiger partial charge in [0.15, 0.2) is 5.82 Å². The quantitative estimate of drug-likeness (QED) is 0.396. The molecule has 0 saturated carbocycles. The van der Waals surface area contributed by atoms with Crippen LogP contribution >= 0.6 is 15.9 Å². The number of rotatable bonds is 6. The normalized spacial score (nSPS) is 10.6. The first-order chi connectivity index (χ1) is 15.5. The van der Waals surface area contributed by atoms with Crippen molar-refractivity contribution < 1.29 is 14.3 Å². The number of nitrogens with zero attached hydrogens (tertiary/aromatic N) is 3. The van der Waals surface area contributed by atoms with Gasteiger partial charge in [-0.15, -0.1) is 5.10 Å². The van der Waals surface area contributed by atoms with Gasteiger partial charge >= 0.3 is 0 Å². The lowest BCUT2D eigenvalue weighted by molar-refractivity contribution is 0.101. The largest absolute Gasteiger partial charge is 0.497 e. The van der Waals surface area contributed by atoms with Crippen LogP contribution in [0.3, 0.4) is 0 Å². The first-order valence-corrected chi connectivity index (χ1v) is 10.6. The van der Waals surface area contributed by atoms with Gasteiger partial charge in [-0.2, -0.15) is 0 Å². The van der Waals surface area contributed by atoms with Gasteiger partial charge in [0.1, 0.15) is 11.5 Å².